The van der Waals surface area contributed by atoms with Gasteiger partial charge >= 0.3 is 0 Å². The van der Waals surface area contributed by atoms with Gasteiger partial charge < -0.3 is 9.73 Å². The summed E-state index contributed by atoms with van der Waals surface area (Å²) in [6.45, 7) is 6.10. The lowest BCUT2D eigenvalue weighted by molar-refractivity contribution is 0.613. The second kappa shape index (κ2) is 6.64. The van der Waals surface area contributed by atoms with Crippen LogP contribution in [0.3, 0.4) is 0 Å². The minimum atomic E-state index is 0.164. The van der Waals surface area contributed by atoms with E-state index in [1.807, 2.05) is 43.3 Å². The molecule has 4 nitrogen and oxygen atoms in total. The Balaban J connectivity index is 1.68. The molecule has 4 rings (SSSR count). The Kier molecular flexibility index (Phi) is 4.17. The first kappa shape index (κ1) is 16.3. The summed E-state index contributed by atoms with van der Waals surface area (Å²) >= 11 is 0. The van der Waals surface area contributed by atoms with Crippen molar-refractivity contribution in [1.29, 1.82) is 0 Å². The van der Waals surface area contributed by atoms with Crippen molar-refractivity contribution in [3.63, 3.8) is 0 Å². The van der Waals surface area contributed by atoms with E-state index in [1.165, 1.54) is 5.56 Å². The molecule has 2 aromatic heterocycles. The lowest BCUT2D eigenvalue weighted by Crippen LogP contribution is -2.09. The minimum Gasteiger partial charge on any atom is -0.464 e. The topological polar surface area (TPSA) is 51.0 Å². The molecule has 0 aliphatic heterocycles. The summed E-state index contributed by atoms with van der Waals surface area (Å²) in [6.07, 6.45) is 1.79. The standard InChI is InChI=1S/C22H21N3O/c1-14-13-26-21-10-9-18(11-19(14)21)20-12-22(25-16(3)24-20)23-15(2)17-7-5-4-6-8-17/h4-13,15H,1-3H3,(H,23,24,25). The maximum Gasteiger partial charge on any atom is 0.134 e. The molecule has 0 saturated heterocycles. The summed E-state index contributed by atoms with van der Waals surface area (Å²) in [5, 5.41) is 4.60. The Labute approximate surface area is 152 Å². The highest BCUT2D eigenvalue weighted by Gasteiger charge is 2.10. The van der Waals surface area contributed by atoms with Crippen LogP contribution in [0.4, 0.5) is 5.82 Å². The molecule has 0 bridgehead atoms. The number of rotatable bonds is 4. The maximum atomic E-state index is 5.54. The van der Waals surface area contributed by atoms with Gasteiger partial charge in [-0.15, -0.1) is 0 Å². The Morgan fingerprint density at radius 1 is 0.962 bits per heavy atom. The van der Waals surface area contributed by atoms with Gasteiger partial charge in [0.25, 0.3) is 0 Å². The largest absolute Gasteiger partial charge is 0.464 e. The van der Waals surface area contributed by atoms with Crippen molar-refractivity contribution >= 4 is 16.8 Å². The van der Waals surface area contributed by atoms with Gasteiger partial charge in [-0.1, -0.05) is 30.3 Å². The van der Waals surface area contributed by atoms with E-state index in [-0.39, 0.29) is 6.04 Å². The number of benzene rings is 2. The molecule has 0 saturated carbocycles. The number of hydrogen-bond donors (Lipinski definition) is 1. The summed E-state index contributed by atoms with van der Waals surface area (Å²) in [7, 11) is 0. The summed E-state index contributed by atoms with van der Waals surface area (Å²) in [4.78, 5) is 9.18. The highest BCUT2D eigenvalue weighted by atomic mass is 16.3. The average molecular weight is 343 g/mol. The van der Waals surface area contributed by atoms with E-state index in [2.05, 4.69) is 47.3 Å². The fraction of sp³-hybridized carbons (Fsp3) is 0.182. The van der Waals surface area contributed by atoms with Crippen LogP contribution in [0.2, 0.25) is 0 Å². The molecular formula is C22H21N3O. The van der Waals surface area contributed by atoms with E-state index < -0.39 is 0 Å². The quantitative estimate of drug-likeness (QED) is 0.518. The molecule has 0 aliphatic rings. The Morgan fingerprint density at radius 2 is 1.77 bits per heavy atom. The normalized spacial score (nSPS) is 12.3. The predicted octanol–water partition coefficient (Wildman–Crippen LogP) is 5.68. The zero-order valence-corrected chi connectivity index (χ0v) is 15.2. The monoisotopic (exact) mass is 343 g/mol. The van der Waals surface area contributed by atoms with Crippen LogP contribution >= 0.6 is 0 Å². The van der Waals surface area contributed by atoms with Crippen molar-refractivity contribution in [1.82, 2.24) is 9.97 Å². The zero-order chi connectivity index (χ0) is 18.1. The van der Waals surface area contributed by atoms with Gasteiger partial charge in [-0.25, -0.2) is 9.97 Å². The van der Waals surface area contributed by atoms with Crippen LogP contribution in [0.15, 0.2) is 65.3 Å². The molecule has 130 valence electrons. The summed E-state index contributed by atoms with van der Waals surface area (Å²) < 4.78 is 5.54. The number of hydrogen-bond acceptors (Lipinski definition) is 4. The number of nitrogens with one attached hydrogen (secondary N) is 1. The van der Waals surface area contributed by atoms with Crippen LogP contribution in [-0.4, -0.2) is 9.97 Å². The smallest absolute Gasteiger partial charge is 0.134 e. The minimum absolute atomic E-state index is 0.164. The van der Waals surface area contributed by atoms with Gasteiger partial charge in [-0.05, 0) is 50.1 Å². The number of fused-ring (bicyclic) bond motifs is 1. The molecule has 1 unspecified atom stereocenters. The number of aromatic nitrogens is 2. The number of furan rings is 1. The fourth-order valence-electron chi connectivity index (χ4n) is 3.15. The molecule has 2 heterocycles. The highest BCUT2D eigenvalue weighted by Crippen LogP contribution is 2.28. The lowest BCUT2D eigenvalue weighted by atomic mass is 10.1. The number of nitrogens with zero attached hydrogens (tertiary/aromatic N) is 2. The molecule has 1 N–H and O–H groups in total. The van der Waals surface area contributed by atoms with E-state index in [9.17, 15) is 0 Å². The Morgan fingerprint density at radius 3 is 2.58 bits per heavy atom. The highest BCUT2D eigenvalue weighted by molar-refractivity contribution is 5.85. The summed E-state index contributed by atoms with van der Waals surface area (Å²) in [6, 6.07) is 18.7. The molecule has 1 atom stereocenters. The van der Waals surface area contributed by atoms with Crippen molar-refractivity contribution in [3.05, 3.63) is 77.8 Å². The van der Waals surface area contributed by atoms with Gasteiger partial charge in [-0.3, -0.25) is 0 Å². The molecule has 26 heavy (non-hydrogen) atoms. The maximum absolute atomic E-state index is 5.54. The predicted molar refractivity (Wildman–Crippen MR) is 105 cm³/mol. The van der Waals surface area contributed by atoms with Crippen LogP contribution in [0.1, 0.15) is 29.9 Å². The molecule has 0 radical (unpaired) electrons. The fourth-order valence-corrected chi connectivity index (χ4v) is 3.15. The van der Waals surface area contributed by atoms with Crippen molar-refractivity contribution in [2.24, 2.45) is 0 Å². The Bertz CT molecular complexity index is 1050. The van der Waals surface area contributed by atoms with Gasteiger partial charge in [0, 0.05) is 23.1 Å². The van der Waals surface area contributed by atoms with Crippen molar-refractivity contribution in [2.45, 2.75) is 26.8 Å². The van der Waals surface area contributed by atoms with Crippen LogP contribution < -0.4 is 5.32 Å². The van der Waals surface area contributed by atoms with Crippen LogP contribution in [0.5, 0.6) is 0 Å². The van der Waals surface area contributed by atoms with Crippen LogP contribution in [-0.2, 0) is 0 Å². The van der Waals surface area contributed by atoms with E-state index in [0.29, 0.717) is 0 Å². The third-order valence-corrected chi connectivity index (χ3v) is 4.56. The van der Waals surface area contributed by atoms with E-state index >= 15 is 0 Å². The average Bonchev–Trinajstić information content (AvgIpc) is 3.02. The van der Waals surface area contributed by atoms with Gasteiger partial charge in [0.15, 0.2) is 0 Å². The number of aryl methyl sites for hydroxylation is 2. The molecule has 4 aromatic rings. The van der Waals surface area contributed by atoms with Crippen molar-refractivity contribution in [2.75, 3.05) is 5.32 Å². The first-order chi connectivity index (χ1) is 12.6. The summed E-state index contributed by atoms with van der Waals surface area (Å²) in [5.74, 6) is 1.57. The molecule has 0 spiro atoms. The third-order valence-electron chi connectivity index (χ3n) is 4.56. The van der Waals surface area contributed by atoms with E-state index in [0.717, 1.165) is 39.4 Å². The molecule has 0 fully saturated rings. The summed E-state index contributed by atoms with van der Waals surface area (Å²) in [5.41, 5.74) is 5.21. The second-order valence-electron chi connectivity index (χ2n) is 6.59. The van der Waals surface area contributed by atoms with Crippen LogP contribution in [0.25, 0.3) is 22.2 Å². The number of anilines is 1. The SMILES string of the molecule is Cc1nc(NC(C)c2ccccc2)cc(-c2ccc3occ(C)c3c2)n1. The second-order valence-corrected chi connectivity index (χ2v) is 6.59. The molecule has 0 amide bonds. The van der Waals surface area contributed by atoms with Crippen LogP contribution in [0, 0.1) is 13.8 Å². The first-order valence-corrected chi connectivity index (χ1v) is 8.75. The van der Waals surface area contributed by atoms with Gasteiger partial charge in [0.05, 0.1) is 12.0 Å². The van der Waals surface area contributed by atoms with Crippen molar-refractivity contribution in [3.8, 4) is 11.3 Å². The van der Waals surface area contributed by atoms with E-state index in [4.69, 9.17) is 4.42 Å². The van der Waals surface area contributed by atoms with Gasteiger partial charge in [-0.2, -0.15) is 0 Å². The zero-order valence-electron chi connectivity index (χ0n) is 15.2. The lowest BCUT2D eigenvalue weighted by Gasteiger charge is -2.16. The third kappa shape index (κ3) is 3.18. The van der Waals surface area contributed by atoms with Gasteiger partial charge in [0.2, 0.25) is 0 Å². The van der Waals surface area contributed by atoms with Gasteiger partial charge in [0.1, 0.15) is 17.2 Å². The van der Waals surface area contributed by atoms with E-state index in [1.54, 1.807) is 6.26 Å². The Hall–Kier alpha value is -3.14. The molecule has 4 heteroatoms. The molecule has 0 aliphatic carbocycles. The molecular weight excluding hydrogens is 322 g/mol. The van der Waals surface area contributed by atoms with Crippen molar-refractivity contribution < 1.29 is 4.42 Å². The molecule has 2 aromatic carbocycles. The first-order valence-electron chi connectivity index (χ1n) is 8.75.